The van der Waals surface area contributed by atoms with E-state index in [1.165, 1.54) is 38.1 Å². The molecule has 7 nitrogen and oxygen atoms in total. The molecule has 0 bridgehead atoms. The second kappa shape index (κ2) is 10.0. The lowest BCUT2D eigenvalue weighted by Gasteiger charge is -2.22. The molecule has 3 rings (SSSR count). The number of phenolic OH excluding ortho intramolecular Hbond substituents is 1. The molecule has 11 heteroatoms. The summed E-state index contributed by atoms with van der Waals surface area (Å²) in [6.45, 7) is 7.79. The van der Waals surface area contributed by atoms with Crippen LogP contribution in [0.2, 0.25) is 0 Å². The third kappa shape index (κ3) is 5.71. The quantitative estimate of drug-likeness (QED) is 0.236. The number of nitrogens with one attached hydrogen (secondary N) is 1. The van der Waals surface area contributed by atoms with Crippen LogP contribution in [0.5, 0.6) is 5.75 Å². The number of fused-ring (bicyclic) bond motifs is 1. The Balaban J connectivity index is 2.29. The molecule has 37 heavy (non-hydrogen) atoms. The number of halogens is 3. The van der Waals surface area contributed by atoms with Gasteiger partial charge in [-0.15, -0.1) is 0 Å². The third-order valence-electron chi connectivity index (χ3n) is 5.60. The lowest BCUT2D eigenvalue weighted by Crippen LogP contribution is -2.35. The van der Waals surface area contributed by atoms with Crippen LogP contribution in [0.1, 0.15) is 42.0 Å². The summed E-state index contributed by atoms with van der Waals surface area (Å²) in [4.78, 5) is 25.0. The van der Waals surface area contributed by atoms with Crippen LogP contribution in [-0.2, 0) is 24.3 Å². The van der Waals surface area contributed by atoms with Gasteiger partial charge in [-0.1, -0.05) is 42.0 Å². The van der Waals surface area contributed by atoms with Crippen molar-refractivity contribution in [1.82, 2.24) is 0 Å². The first kappa shape index (κ1) is 28.0. The molecule has 0 spiro atoms. The maximum atomic E-state index is 13.5. The van der Waals surface area contributed by atoms with E-state index in [4.69, 9.17) is 4.74 Å². The molecule has 0 aliphatic rings. The molecular formula is C26H26F3NO6S. The lowest BCUT2D eigenvalue weighted by atomic mass is 9.90. The zero-order valence-corrected chi connectivity index (χ0v) is 21.5. The summed E-state index contributed by atoms with van der Waals surface area (Å²) in [6.07, 6.45) is -6.29. The molecule has 0 aliphatic carbocycles. The van der Waals surface area contributed by atoms with Crippen molar-refractivity contribution in [1.29, 1.82) is 0 Å². The number of sulfonamides is 1. The number of carbonyl (C=O) groups is 2. The second-order valence-corrected chi connectivity index (χ2v) is 10.6. The van der Waals surface area contributed by atoms with E-state index in [-0.39, 0.29) is 21.4 Å². The largest absolute Gasteiger partial charge is 0.507 e. The minimum absolute atomic E-state index is 0.0288. The SMILES string of the molecule is Cc1cc(C)c(S(=O)(=O)Nc2cc([C@@H](C(=O)OC(C)C)C(=O)C(F)(F)F)c(O)c3ccccc23)c(C)c1. The predicted octanol–water partition coefficient (Wildman–Crippen LogP) is 5.44. The lowest BCUT2D eigenvalue weighted by molar-refractivity contribution is -0.178. The minimum atomic E-state index is -5.44. The standard InChI is InChI=1S/C26H26F3NO6S/c1-13(2)36-25(33)21(24(32)26(27,28)29)19-12-20(17-8-6-7-9-18(17)22(19)31)30-37(34,35)23-15(4)10-14(3)11-16(23)5/h6-13,21,30-31H,1-5H3/t21-/m1/s1. The van der Waals surface area contributed by atoms with Gasteiger partial charge in [-0.3, -0.25) is 14.3 Å². The van der Waals surface area contributed by atoms with Gasteiger partial charge in [0, 0.05) is 16.3 Å². The van der Waals surface area contributed by atoms with Crippen LogP contribution < -0.4 is 4.72 Å². The Bertz CT molecular complexity index is 1470. The maximum Gasteiger partial charge on any atom is 0.451 e. The Morgan fingerprint density at radius 3 is 2.03 bits per heavy atom. The van der Waals surface area contributed by atoms with Crippen LogP contribution in [0.15, 0.2) is 47.4 Å². The van der Waals surface area contributed by atoms with E-state index >= 15 is 0 Å². The van der Waals surface area contributed by atoms with Crippen LogP contribution in [0, 0.1) is 20.8 Å². The number of aromatic hydroxyl groups is 1. The summed E-state index contributed by atoms with van der Waals surface area (Å²) in [6, 6.07) is 9.97. The molecule has 0 amide bonds. The Hall–Kier alpha value is -3.60. The van der Waals surface area contributed by atoms with Gasteiger partial charge in [-0.25, -0.2) is 8.42 Å². The van der Waals surface area contributed by atoms with Gasteiger partial charge in [0.05, 0.1) is 16.7 Å². The van der Waals surface area contributed by atoms with Crippen molar-refractivity contribution in [3.05, 3.63) is 64.7 Å². The molecule has 0 unspecified atom stereocenters. The smallest absolute Gasteiger partial charge is 0.451 e. The number of rotatable bonds is 7. The van der Waals surface area contributed by atoms with E-state index in [0.717, 1.165) is 11.6 Å². The van der Waals surface area contributed by atoms with Crippen molar-refractivity contribution in [2.24, 2.45) is 0 Å². The molecule has 0 fully saturated rings. The van der Waals surface area contributed by atoms with Crippen molar-refractivity contribution in [3.8, 4) is 5.75 Å². The average Bonchev–Trinajstić information content (AvgIpc) is 2.74. The van der Waals surface area contributed by atoms with Crippen molar-refractivity contribution in [3.63, 3.8) is 0 Å². The zero-order chi connectivity index (χ0) is 27.9. The van der Waals surface area contributed by atoms with Crippen LogP contribution in [0.4, 0.5) is 18.9 Å². The number of ether oxygens (including phenoxy) is 1. The fourth-order valence-corrected chi connectivity index (χ4v) is 5.84. The Kier molecular flexibility index (Phi) is 7.59. The number of Topliss-reactive ketones (excluding diaryl/α,β-unsaturated/α-hetero) is 1. The first-order chi connectivity index (χ1) is 17.0. The van der Waals surface area contributed by atoms with Gasteiger partial charge < -0.3 is 9.84 Å². The number of alkyl halides is 3. The van der Waals surface area contributed by atoms with E-state index in [1.54, 1.807) is 32.9 Å². The van der Waals surface area contributed by atoms with Gasteiger partial charge in [-0.05, 0) is 51.8 Å². The predicted molar refractivity (Wildman–Crippen MR) is 132 cm³/mol. The monoisotopic (exact) mass is 537 g/mol. The highest BCUT2D eigenvalue weighted by molar-refractivity contribution is 7.92. The van der Waals surface area contributed by atoms with Crippen LogP contribution in [-0.4, -0.2) is 37.6 Å². The molecule has 3 aromatic carbocycles. The topological polar surface area (TPSA) is 110 Å². The Labute approximate surface area is 212 Å². The van der Waals surface area contributed by atoms with E-state index in [1.807, 2.05) is 0 Å². The number of phenols is 1. The van der Waals surface area contributed by atoms with Gasteiger partial charge in [-0.2, -0.15) is 13.2 Å². The maximum absolute atomic E-state index is 13.5. The molecule has 0 radical (unpaired) electrons. The highest BCUT2D eigenvalue weighted by atomic mass is 32.2. The van der Waals surface area contributed by atoms with Gasteiger partial charge in [0.1, 0.15) is 5.75 Å². The van der Waals surface area contributed by atoms with Gasteiger partial charge in [0.2, 0.25) is 0 Å². The van der Waals surface area contributed by atoms with Crippen LogP contribution in [0.25, 0.3) is 10.8 Å². The van der Waals surface area contributed by atoms with Crippen molar-refractivity contribution in [2.75, 3.05) is 4.72 Å². The van der Waals surface area contributed by atoms with Crippen LogP contribution in [0.3, 0.4) is 0 Å². The molecule has 3 aromatic rings. The first-order valence-corrected chi connectivity index (χ1v) is 12.7. The van der Waals surface area contributed by atoms with Crippen molar-refractivity contribution in [2.45, 2.75) is 57.7 Å². The summed E-state index contributed by atoms with van der Waals surface area (Å²) in [5.41, 5.74) is 0.767. The first-order valence-electron chi connectivity index (χ1n) is 11.2. The van der Waals surface area contributed by atoms with Crippen molar-refractivity contribution >= 4 is 38.2 Å². The third-order valence-corrected chi connectivity index (χ3v) is 7.27. The number of hydrogen-bond acceptors (Lipinski definition) is 6. The Morgan fingerprint density at radius 2 is 1.51 bits per heavy atom. The summed E-state index contributed by atoms with van der Waals surface area (Å²) in [5, 5.41) is 11.0. The number of hydrogen-bond donors (Lipinski definition) is 2. The number of ketones is 1. The van der Waals surface area contributed by atoms with Crippen molar-refractivity contribution < 1.29 is 41.0 Å². The molecule has 0 heterocycles. The fourth-order valence-electron chi connectivity index (χ4n) is 4.31. The van der Waals surface area contributed by atoms with E-state index in [0.29, 0.717) is 11.1 Å². The van der Waals surface area contributed by atoms with E-state index in [9.17, 15) is 36.3 Å². The zero-order valence-electron chi connectivity index (χ0n) is 20.7. The fraction of sp³-hybridized carbons (Fsp3) is 0.308. The van der Waals surface area contributed by atoms with Gasteiger partial charge >= 0.3 is 12.1 Å². The minimum Gasteiger partial charge on any atom is -0.507 e. The highest BCUT2D eigenvalue weighted by Gasteiger charge is 2.49. The number of carbonyl (C=O) groups excluding carboxylic acids is 2. The normalized spacial score (nSPS) is 13.0. The van der Waals surface area contributed by atoms with E-state index < -0.39 is 51.3 Å². The van der Waals surface area contributed by atoms with Crippen LogP contribution >= 0.6 is 0 Å². The summed E-state index contributed by atoms with van der Waals surface area (Å²) >= 11 is 0. The van der Waals surface area contributed by atoms with Gasteiger partial charge in [0.15, 0.2) is 5.92 Å². The molecule has 0 saturated heterocycles. The summed E-state index contributed by atoms with van der Waals surface area (Å²) < 4.78 is 74.6. The Morgan fingerprint density at radius 1 is 0.973 bits per heavy atom. The van der Waals surface area contributed by atoms with Gasteiger partial charge in [0.25, 0.3) is 15.8 Å². The number of esters is 1. The number of anilines is 1. The molecule has 1 atom stereocenters. The average molecular weight is 538 g/mol. The number of benzene rings is 3. The molecule has 0 aliphatic heterocycles. The molecule has 198 valence electrons. The second-order valence-electron chi connectivity index (χ2n) is 9.02. The van der Waals surface area contributed by atoms with E-state index in [2.05, 4.69) is 4.72 Å². The number of aryl methyl sites for hydroxylation is 3. The summed E-state index contributed by atoms with van der Waals surface area (Å²) in [7, 11) is -4.28. The molecule has 2 N–H and O–H groups in total. The summed E-state index contributed by atoms with van der Waals surface area (Å²) in [5.74, 6) is -7.33. The molecular weight excluding hydrogens is 511 g/mol. The molecule has 0 aromatic heterocycles. The highest BCUT2D eigenvalue weighted by Crippen LogP contribution is 2.42. The molecule has 0 saturated carbocycles.